The second-order valence-electron chi connectivity index (χ2n) is 7.30. The first-order valence-electron chi connectivity index (χ1n) is 7.57. The largest absolute Gasteiger partial charge is 0.311 e. The van der Waals surface area contributed by atoms with Crippen molar-refractivity contribution in [1.29, 1.82) is 0 Å². The Balaban J connectivity index is 2.19. The minimum atomic E-state index is 0.184. The lowest BCUT2D eigenvalue weighted by atomic mass is 9.67. The van der Waals surface area contributed by atoms with Crippen molar-refractivity contribution in [2.75, 3.05) is 6.54 Å². The van der Waals surface area contributed by atoms with Gasteiger partial charge in [-0.1, -0.05) is 6.92 Å². The van der Waals surface area contributed by atoms with Crippen molar-refractivity contribution in [1.82, 2.24) is 10.3 Å². The molecule has 0 aliphatic heterocycles. The molecule has 0 radical (unpaired) electrons. The topological polar surface area (TPSA) is 24.9 Å². The molecule has 1 N–H and O–H groups in total. The van der Waals surface area contributed by atoms with Gasteiger partial charge in [0.1, 0.15) is 0 Å². The number of hydrogen-bond donors (Lipinski definition) is 1. The maximum absolute atomic E-state index is 4.17. The van der Waals surface area contributed by atoms with E-state index in [4.69, 9.17) is 0 Å². The molecule has 1 aliphatic rings. The lowest BCUT2D eigenvalue weighted by Crippen LogP contribution is -2.47. The summed E-state index contributed by atoms with van der Waals surface area (Å²) in [5.41, 5.74) is 1.96. The van der Waals surface area contributed by atoms with Gasteiger partial charge in [0.2, 0.25) is 0 Å². The van der Waals surface area contributed by atoms with Crippen molar-refractivity contribution in [3.63, 3.8) is 0 Å². The number of rotatable bonds is 3. The van der Waals surface area contributed by atoms with E-state index in [2.05, 4.69) is 50.1 Å². The van der Waals surface area contributed by atoms with Gasteiger partial charge in [-0.3, -0.25) is 4.98 Å². The van der Waals surface area contributed by atoms with Crippen LogP contribution in [-0.2, 0) is 5.41 Å². The zero-order valence-electron chi connectivity index (χ0n) is 12.9. The predicted octanol–water partition coefficient (Wildman–Crippen LogP) is 3.92. The van der Waals surface area contributed by atoms with E-state index in [1.165, 1.54) is 31.2 Å². The summed E-state index contributed by atoms with van der Waals surface area (Å²) < 4.78 is 0. The first-order chi connectivity index (χ1) is 8.91. The molecular weight excluding hydrogens is 232 g/mol. The van der Waals surface area contributed by atoms with Crippen molar-refractivity contribution in [2.24, 2.45) is 5.92 Å². The molecule has 19 heavy (non-hydrogen) atoms. The summed E-state index contributed by atoms with van der Waals surface area (Å²) in [6.45, 7) is 10.2. The molecule has 2 rings (SSSR count). The number of pyridine rings is 1. The van der Waals surface area contributed by atoms with Crippen LogP contribution in [0.1, 0.15) is 58.9 Å². The van der Waals surface area contributed by atoms with Gasteiger partial charge in [0, 0.05) is 29.9 Å². The van der Waals surface area contributed by atoms with E-state index in [-0.39, 0.29) is 5.54 Å². The molecule has 0 amide bonds. The second kappa shape index (κ2) is 5.62. The molecular formula is C17H28N2. The third kappa shape index (κ3) is 3.79. The zero-order valence-corrected chi connectivity index (χ0v) is 12.9. The minimum absolute atomic E-state index is 0.184. The highest BCUT2D eigenvalue weighted by Gasteiger charge is 2.36. The fraction of sp³-hybridized carbons (Fsp3) is 0.706. The van der Waals surface area contributed by atoms with E-state index in [0.717, 1.165) is 12.5 Å². The van der Waals surface area contributed by atoms with Crippen LogP contribution in [0.25, 0.3) is 0 Å². The average molecular weight is 260 g/mol. The predicted molar refractivity (Wildman–Crippen MR) is 81.3 cm³/mol. The first kappa shape index (κ1) is 14.5. The van der Waals surface area contributed by atoms with Gasteiger partial charge >= 0.3 is 0 Å². The van der Waals surface area contributed by atoms with Crippen LogP contribution >= 0.6 is 0 Å². The fourth-order valence-electron chi connectivity index (χ4n) is 3.02. The highest BCUT2D eigenvalue weighted by molar-refractivity contribution is 5.24. The molecule has 106 valence electrons. The monoisotopic (exact) mass is 260 g/mol. The lowest BCUT2D eigenvalue weighted by molar-refractivity contribution is 0.217. The van der Waals surface area contributed by atoms with Crippen molar-refractivity contribution in [3.8, 4) is 0 Å². The Morgan fingerprint density at radius 2 is 1.79 bits per heavy atom. The minimum Gasteiger partial charge on any atom is -0.311 e. The van der Waals surface area contributed by atoms with Crippen molar-refractivity contribution in [3.05, 3.63) is 30.1 Å². The molecule has 0 bridgehead atoms. The van der Waals surface area contributed by atoms with E-state index in [9.17, 15) is 0 Å². The summed E-state index contributed by atoms with van der Waals surface area (Å²) >= 11 is 0. The molecule has 0 atom stereocenters. The zero-order chi connectivity index (χ0) is 13.9. The van der Waals surface area contributed by atoms with Crippen molar-refractivity contribution in [2.45, 2.75) is 64.3 Å². The van der Waals surface area contributed by atoms with Crippen molar-refractivity contribution < 1.29 is 0 Å². The van der Waals surface area contributed by atoms with Gasteiger partial charge in [-0.25, -0.2) is 0 Å². The molecule has 0 unspecified atom stereocenters. The SMILES string of the molecule is CC1CCC(CNC(C)(C)C)(c2ccncc2)CC1. The van der Waals surface area contributed by atoms with Crippen LogP contribution < -0.4 is 5.32 Å². The first-order valence-corrected chi connectivity index (χ1v) is 7.57. The van der Waals surface area contributed by atoms with Crippen LogP contribution in [0.15, 0.2) is 24.5 Å². The van der Waals surface area contributed by atoms with Gasteiger partial charge in [-0.2, -0.15) is 0 Å². The maximum Gasteiger partial charge on any atom is 0.0270 e. The molecule has 1 aromatic heterocycles. The average Bonchev–Trinajstić information content (AvgIpc) is 2.39. The van der Waals surface area contributed by atoms with Gasteiger partial charge in [-0.15, -0.1) is 0 Å². The second-order valence-corrected chi connectivity index (χ2v) is 7.30. The summed E-state index contributed by atoms with van der Waals surface area (Å²) in [4.78, 5) is 4.17. The third-order valence-electron chi connectivity index (χ3n) is 4.48. The normalized spacial score (nSPS) is 28.3. The molecule has 1 fully saturated rings. The number of aromatic nitrogens is 1. The van der Waals surface area contributed by atoms with Gasteiger partial charge in [0.25, 0.3) is 0 Å². The Labute approximate surface area is 118 Å². The summed E-state index contributed by atoms with van der Waals surface area (Å²) in [5.74, 6) is 0.879. The summed E-state index contributed by atoms with van der Waals surface area (Å²) in [6.07, 6.45) is 9.14. The van der Waals surface area contributed by atoms with Gasteiger partial charge < -0.3 is 5.32 Å². The third-order valence-corrected chi connectivity index (χ3v) is 4.48. The van der Waals surface area contributed by atoms with Crippen LogP contribution in [0.2, 0.25) is 0 Å². The molecule has 1 heterocycles. The number of nitrogens with zero attached hydrogens (tertiary/aromatic N) is 1. The highest BCUT2D eigenvalue weighted by atomic mass is 15.0. The van der Waals surface area contributed by atoms with E-state index in [0.29, 0.717) is 5.41 Å². The van der Waals surface area contributed by atoms with Gasteiger partial charge in [0.15, 0.2) is 0 Å². The van der Waals surface area contributed by atoms with Gasteiger partial charge in [0.05, 0.1) is 0 Å². The molecule has 1 saturated carbocycles. The summed E-state index contributed by atoms with van der Waals surface area (Å²) in [6, 6.07) is 4.42. The summed E-state index contributed by atoms with van der Waals surface area (Å²) in [7, 11) is 0. The van der Waals surface area contributed by atoms with Crippen LogP contribution in [0.5, 0.6) is 0 Å². The molecule has 0 spiro atoms. The summed E-state index contributed by atoms with van der Waals surface area (Å²) in [5, 5.41) is 3.73. The Morgan fingerprint density at radius 3 is 2.32 bits per heavy atom. The molecule has 0 saturated heterocycles. The van der Waals surface area contributed by atoms with E-state index in [1.807, 2.05) is 12.4 Å². The molecule has 2 nitrogen and oxygen atoms in total. The Kier molecular flexibility index (Phi) is 4.29. The Bertz CT molecular complexity index is 383. The van der Waals surface area contributed by atoms with Crippen LogP contribution in [-0.4, -0.2) is 17.1 Å². The van der Waals surface area contributed by atoms with Crippen LogP contribution in [0.3, 0.4) is 0 Å². The molecule has 1 aromatic rings. The van der Waals surface area contributed by atoms with E-state index in [1.54, 1.807) is 0 Å². The molecule has 2 heteroatoms. The highest BCUT2D eigenvalue weighted by Crippen LogP contribution is 2.41. The van der Waals surface area contributed by atoms with Crippen molar-refractivity contribution >= 4 is 0 Å². The fourth-order valence-corrected chi connectivity index (χ4v) is 3.02. The maximum atomic E-state index is 4.17. The quantitative estimate of drug-likeness (QED) is 0.891. The van der Waals surface area contributed by atoms with Crippen LogP contribution in [0.4, 0.5) is 0 Å². The molecule has 1 aliphatic carbocycles. The van der Waals surface area contributed by atoms with E-state index >= 15 is 0 Å². The molecule has 0 aromatic carbocycles. The Morgan fingerprint density at radius 1 is 1.21 bits per heavy atom. The number of nitrogens with one attached hydrogen (secondary N) is 1. The van der Waals surface area contributed by atoms with E-state index < -0.39 is 0 Å². The standard InChI is InChI=1S/C17H28N2/c1-14-5-9-17(10-6-14,13-19-16(2,3)4)15-7-11-18-12-8-15/h7-8,11-12,14,19H,5-6,9-10,13H2,1-4H3. The Hall–Kier alpha value is -0.890. The van der Waals surface area contributed by atoms with Gasteiger partial charge in [-0.05, 0) is 70.1 Å². The smallest absolute Gasteiger partial charge is 0.0270 e. The number of hydrogen-bond acceptors (Lipinski definition) is 2. The van der Waals surface area contributed by atoms with Crippen LogP contribution in [0, 0.1) is 5.92 Å². The lowest BCUT2D eigenvalue weighted by Gasteiger charge is -2.42.